The van der Waals surface area contributed by atoms with Crippen LogP contribution in [0.4, 0.5) is 0 Å². The van der Waals surface area contributed by atoms with Gasteiger partial charge in [0.15, 0.2) is 0 Å². The van der Waals surface area contributed by atoms with E-state index in [1.54, 1.807) is 24.0 Å². The van der Waals surface area contributed by atoms with Gasteiger partial charge in [-0.3, -0.25) is 4.79 Å². The Morgan fingerprint density at radius 3 is 2.82 bits per heavy atom. The molecule has 0 radical (unpaired) electrons. The minimum absolute atomic E-state index is 0.00918. The quantitative estimate of drug-likeness (QED) is 0.431. The molecule has 0 bridgehead atoms. The summed E-state index contributed by atoms with van der Waals surface area (Å²) in [4.78, 5) is 24.9. The maximum Gasteiger partial charge on any atom is 0.320 e. The van der Waals surface area contributed by atoms with Crippen molar-refractivity contribution in [2.45, 2.75) is 57.8 Å². The third-order valence-electron chi connectivity index (χ3n) is 8.03. The van der Waals surface area contributed by atoms with Crippen molar-refractivity contribution < 1.29 is 28.8 Å². The van der Waals surface area contributed by atoms with Crippen molar-refractivity contribution in [1.29, 1.82) is 0 Å². The molecule has 1 saturated heterocycles. The SMILES string of the molecule is Cc1nc(-c2nnn(C)c2COc2nccc(O[C@@H]3CCOC3)n2)ccc1O[C@@H]1C[C@H]2CC[C@@H](C(=O)O)[C@H]2C1. The summed E-state index contributed by atoms with van der Waals surface area (Å²) in [6.07, 6.45) is 5.82. The molecule has 2 aliphatic carbocycles. The number of ether oxygens (including phenoxy) is 4. The van der Waals surface area contributed by atoms with E-state index >= 15 is 0 Å². The van der Waals surface area contributed by atoms with Gasteiger partial charge in [0.1, 0.15) is 29.8 Å². The number of carboxylic acids is 1. The lowest BCUT2D eigenvalue weighted by atomic mass is 9.92. The Bertz CT molecular complexity index is 1340. The van der Waals surface area contributed by atoms with E-state index in [9.17, 15) is 9.90 Å². The van der Waals surface area contributed by atoms with Gasteiger partial charge in [0, 0.05) is 25.7 Å². The monoisotopic (exact) mass is 536 g/mol. The van der Waals surface area contributed by atoms with Crippen LogP contribution < -0.4 is 14.2 Å². The lowest BCUT2D eigenvalue weighted by Gasteiger charge is -2.18. The predicted octanol–water partition coefficient (Wildman–Crippen LogP) is 2.99. The van der Waals surface area contributed by atoms with Gasteiger partial charge in [0.05, 0.1) is 36.6 Å². The minimum atomic E-state index is -0.680. The fourth-order valence-corrected chi connectivity index (χ4v) is 6.03. The van der Waals surface area contributed by atoms with Gasteiger partial charge in [0.2, 0.25) is 5.88 Å². The van der Waals surface area contributed by atoms with Crippen molar-refractivity contribution >= 4 is 5.97 Å². The second-order valence-corrected chi connectivity index (χ2v) is 10.5. The number of aromatic nitrogens is 6. The standard InChI is InChI=1S/C27H32N6O6/c1-15-23(38-18-11-16-3-4-19(26(34)35)20(16)12-18)6-5-21(29-15)25-22(33(2)32-31-25)14-37-27-28-9-7-24(30-27)39-17-8-10-36-13-17/h5-7,9,16-20H,3-4,8,10-14H2,1-2H3,(H,34,35)/t16-,17-,18-,19-,20+/m1/s1. The van der Waals surface area contributed by atoms with Gasteiger partial charge in [-0.1, -0.05) is 5.21 Å². The molecule has 0 spiro atoms. The molecule has 6 rings (SSSR count). The number of carbonyl (C=O) groups is 1. The first-order valence-corrected chi connectivity index (χ1v) is 13.4. The number of hydrogen-bond acceptors (Lipinski definition) is 10. The number of rotatable bonds is 9. The van der Waals surface area contributed by atoms with Crippen LogP contribution in [0, 0.1) is 24.7 Å². The molecular formula is C27H32N6O6. The zero-order valence-electron chi connectivity index (χ0n) is 22.0. The first-order valence-electron chi connectivity index (χ1n) is 13.4. The highest BCUT2D eigenvalue weighted by Crippen LogP contribution is 2.48. The van der Waals surface area contributed by atoms with Gasteiger partial charge in [-0.15, -0.1) is 5.10 Å². The smallest absolute Gasteiger partial charge is 0.320 e. The third kappa shape index (κ3) is 5.38. The highest BCUT2D eigenvalue weighted by Gasteiger charge is 2.47. The number of pyridine rings is 1. The fraction of sp³-hybridized carbons (Fsp3) is 0.556. The van der Waals surface area contributed by atoms with Crippen LogP contribution in [0.3, 0.4) is 0 Å². The molecule has 206 valence electrons. The highest BCUT2D eigenvalue weighted by molar-refractivity contribution is 5.71. The van der Waals surface area contributed by atoms with E-state index in [2.05, 4.69) is 20.3 Å². The summed E-state index contributed by atoms with van der Waals surface area (Å²) < 4.78 is 25.0. The molecular weight excluding hydrogens is 504 g/mol. The summed E-state index contributed by atoms with van der Waals surface area (Å²) in [5.74, 6) is 0.853. The molecule has 12 heteroatoms. The Kier molecular flexibility index (Phi) is 7.03. The molecule has 1 N–H and O–H groups in total. The zero-order valence-corrected chi connectivity index (χ0v) is 22.0. The molecule has 1 aliphatic heterocycles. The summed E-state index contributed by atoms with van der Waals surface area (Å²) >= 11 is 0. The van der Waals surface area contributed by atoms with Crippen molar-refractivity contribution in [2.75, 3.05) is 13.2 Å². The topological polar surface area (TPSA) is 144 Å². The number of fused-ring (bicyclic) bond motifs is 1. The Balaban J connectivity index is 1.11. The molecule has 3 aliphatic rings. The largest absolute Gasteiger partial charge is 0.489 e. The van der Waals surface area contributed by atoms with E-state index in [1.165, 1.54) is 0 Å². The van der Waals surface area contributed by atoms with Crippen LogP contribution in [0.25, 0.3) is 11.4 Å². The van der Waals surface area contributed by atoms with E-state index in [1.807, 2.05) is 19.1 Å². The van der Waals surface area contributed by atoms with Crippen LogP contribution in [-0.4, -0.2) is 66.4 Å². The minimum Gasteiger partial charge on any atom is -0.489 e. The maximum atomic E-state index is 11.6. The van der Waals surface area contributed by atoms with E-state index in [-0.39, 0.29) is 36.7 Å². The molecule has 0 aromatic carbocycles. The van der Waals surface area contributed by atoms with E-state index in [4.69, 9.17) is 23.9 Å². The van der Waals surface area contributed by atoms with Gasteiger partial charge >= 0.3 is 12.0 Å². The lowest BCUT2D eigenvalue weighted by Crippen LogP contribution is -2.21. The van der Waals surface area contributed by atoms with E-state index in [0.717, 1.165) is 43.5 Å². The third-order valence-corrected chi connectivity index (χ3v) is 8.03. The summed E-state index contributed by atoms with van der Waals surface area (Å²) in [5.41, 5.74) is 2.71. The van der Waals surface area contributed by atoms with Crippen molar-refractivity contribution in [2.24, 2.45) is 24.8 Å². The number of carboxylic acid groups (broad SMARTS) is 1. The summed E-state index contributed by atoms with van der Waals surface area (Å²) in [6.45, 7) is 3.28. The van der Waals surface area contributed by atoms with Gasteiger partial charge in [-0.25, -0.2) is 14.6 Å². The van der Waals surface area contributed by atoms with Crippen LogP contribution in [0.1, 0.15) is 43.5 Å². The molecule has 12 nitrogen and oxygen atoms in total. The van der Waals surface area contributed by atoms with Crippen LogP contribution in [-0.2, 0) is 23.2 Å². The maximum absolute atomic E-state index is 11.6. The van der Waals surface area contributed by atoms with Crippen LogP contribution in [0.2, 0.25) is 0 Å². The second-order valence-electron chi connectivity index (χ2n) is 10.5. The van der Waals surface area contributed by atoms with Gasteiger partial charge < -0.3 is 24.1 Å². The normalized spacial score (nSPS) is 25.9. The average molecular weight is 537 g/mol. The van der Waals surface area contributed by atoms with Gasteiger partial charge in [-0.2, -0.15) is 4.98 Å². The summed E-state index contributed by atoms with van der Waals surface area (Å²) in [7, 11) is 1.79. The highest BCUT2D eigenvalue weighted by atomic mass is 16.6. The van der Waals surface area contributed by atoms with E-state index < -0.39 is 5.97 Å². The molecule has 3 aromatic heterocycles. The van der Waals surface area contributed by atoms with Crippen molar-refractivity contribution in [3.63, 3.8) is 0 Å². The Labute approximate surface area is 225 Å². The van der Waals surface area contributed by atoms with Crippen molar-refractivity contribution in [1.82, 2.24) is 29.9 Å². The Morgan fingerprint density at radius 2 is 2.03 bits per heavy atom. The van der Waals surface area contributed by atoms with Crippen LogP contribution in [0.15, 0.2) is 24.4 Å². The number of aliphatic carboxylic acids is 1. The van der Waals surface area contributed by atoms with Crippen molar-refractivity contribution in [3.05, 3.63) is 35.8 Å². The molecule has 3 fully saturated rings. The molecule has 5 atom stereocenters. The van der Waals surface area contributed by atoms with Crippen LogP contribution in [0.5, 0.6) is 17.6 Å². The first-order chi connectivity index (χ1) is 18.9. The summed E-state index contributed by atoms with van der Waals surface area (Å²) in [5, 5.41) is 18.0. The Hall–Kier alpha value is -3.80. The molecule has 39 heavy (non-hydrogen) atoms. The number of aryl methyl sites for hydroxylation is 2. The number of nitrogens with zero attached hydrogens (tertiary/aromatic N) is 6. The first kappa shape index (κ1) is 25.5. The molecule has 2 saturated carbocycles. The van der Waals surface area contributed by atoms with Gasteiger partial charge in [0.25, 0.3) is 0 Å². The number of hydrogen-bond donors (Lipinski definition) is 1. The fourth-order valence-electron chi connectivity index (χ4n) is 6.03. The van der Waals surface area contributed by atoms with Crippen LogP contribution >= 0.6 is 0 Å². The summed E-state index contributed by atoms with van der Waals surface area (Å²) in [6, 6.07) is 5.65. The predicted molar refractivity (Wildman–Crippen MR) is 136 cm³/mol. The Morgan fingerprint density at radius 1 is 1.13 bits per heavy atom. The second kappa shape index (κ2) is 10.8. The molecule has 4 heterocycles. The van der Waals surface area contributed by atoms with E-state index in [0.29, 0.717) is 42.1 Å². The lowest BCUT2D eigenvalue weighted by molar-refractivity contribution is -0.143. The average Bonchev–Trinajstić information content (AvgIpc) is 3.70. The van der Waals surface area contributed by atoms with Crippen molar-refractivity contribution in [3.8, 4) is 29.0 Å². The molecule has 0 amide bonds. The van der Waals surface area contributed by atoms with Gasteiger partial charge in [-0.05, 0) is 56.6 Å². The molecule has 0 unspecified atom stereocenters. The molecule has 3 aromatic rings. The zero-order chi connectivity index (χ0) is 26.9.